The van der Waals surface area contributed by atoms with Crippen molar-refractivity contribution in [2.24, 2.45) is 0 Å². The minimum Gasteiger partial charge on any atom is -0.462 e. The van der Waals surface area contributed by atoms with Crippen molar-refractivity contribution in [2.45, 2.75) is 277 Å². The van der Waals surface area contributed by atoms with Gasteiger partial charge in [-0.25, -0.2) is 0 Å². The molecule has 0 amide bonds. The molecular weight excluding hydrogens is 793 g/mol. The van der Waals surface area contributed by atoms with Crippen LogP contribution in [0.2, 0.25) is 0 Å². The normalized spacial score (nSPS) is 12.5. The summed E-state index contributed by atoms with van der Waals surface area (Å²) in [5.74, 6) is -0.944. The van der Waals surface area contributed by atoms with E-state index >= 15 is 0 Å². The number of allylic oxidation sites excluding steroid dienone is 10. The predicted molar refractivity (Wildman–Crippen MR) is 275 cm³/mol. The molecule has 0 aromatic heterocycles. The molecule has 0 fully saturated rings. The van der Waals surface area contributed by atoms with Crippen LogP contribution in [0.15, 0.2) is 60.8 Å². The van der Waals surface area contributed by atoms with E-state index in [2.05, 4.69) is 81.5 Å². The Morgan fingerprint density at radius 2 is 0.625 bits per heavy atom. The fourth-order valence-electron chi connectivity index (χ4n) is 7.63. The van der Waals surface area contributed by atoms with E-state index in [4.69, 9.17) is 14.2 Å². The lowest BCUT2D eigenvalue weighted by Gasteiger charge is -2.18. The molecule has 0 N–H and O–H groups in total. The smallest absolute Gasteiger partial charge is 0.306 e. The van der Waals surface area contributed by atoms with E-state index in [9.17, 15) is 14.4 Å². The number of esters is 3. The minimum atomic E-state index is -0.799. The standard InChI is InChI=1S/C58H102O6/c1-4-7-10-13-16-19-22-24-26-28-29-31-32-34-36-39-42-45-48-51-57(60)63-54-55(53-62-56(59)50-47-44-41-38-21-18-15-12-9-6-3)64-58(61)52-49-46-43-40-37-35-33-30-27-25-23-20-17-14-11-8-5-2/h16,19,22,24-25,27,33,35,40,43,55H,4-15,17-18,20-21,23,26,28-32,34,36-39,41-42,44-54H2,1-3H3/b19-16-,24-22-,27-25-,35-33-,43-40-. The van der Waals surface area contributed by atoms with Crippen molar-refractivity contribution in [3.05, 3.63) is 60.8 Å². The Morgan fingerprint density at radius 1 is 0.328 bits per heavy atom. The van der Waals surface area contributed by atoms with Gasteiger partial charge >= 0.3 is 17.9 Å². The zero-order valence-electron chi connectivity index (χ0n) is 42.3. The van der Waals surface area contributed by atoms with E-state index in [-0.39, 0.29) is 37.5 Å². The molecule has 1 unspecified atom stereocenters. The molecular formula is C58H102O6. The van der Waals surface area contributed by atoms with Crippen LogP contribution in [0.1, 0.15) is 271 Å². The molecule has 0 saturated heterocycles. The molecule has 0 bridgehead atoms. The van der Waals surface area contributed by atoms with Crippen molar-refractivity contribution in [3.63, 3.8) is 0 Å². The Kier molecular flexibility index (Phi) is 50.4. The lowest BCUT2D eigenvalue weighted by Crippen LogP contribution is -2.30. The van der Waals surface area contributed by atoms with Gasteiger partial charge in [0.15, 0.2) is 6.10 Å². The van der Waals surface area contributed by atoms with Gasteiger partial charge in [0.25, 0.3) is 0 Å². The minimum absolute atomic E-state index is 0.0933. The molecule has 0 radical (unpaired) electrons. The maximum absolute atomic E-state index is 12.8. The Morgan fingerprint density at radius 3 is 1.05 bits per heavy atom. The van der Waals surface area contributed by atoms with Gasteiger partial charge in [0.05, 0.1) is 0 Å². The van der Waals surface area contributed by atoms with Gasteiger partial charge in [-0.1, -0.05) is 236 Å². The molecule has 0 aliphatic rings. The van der Waals surface area contributed by atoms with Gasteiger partial charge < -0.3 is 14.2 Å². The predicted octanol–water partition coefficient (Wildman–Crippen LogP) is 18.0. The maximum atomic E-state index is 12.8. The van der Waals surface area contributed by atoms with Crippen LogP contribution < -0.4 is 0 Å². The van der Waals surface area contributed by atoms with Crippen molar-refractivity contribution in [1.82, 2.24) is 0 Å². The second-order valence-electron chi connectivity index (χ2n) is 18.2. The van der Waals surface area contributed by atoms with Gasteiger partial charge in [-0.15, -0.1) is 0 Å². The summed E-state index contributed by atoms with van der Waals surface area (Å²) >= 11 is 0. The van der Waals surface area contributed by atoms with Crippen LogP contribution in [0.3, 0.4) is 0 Å². The molecule has 0 aliphatic heterocycles. The number of carbonyl (C=O) groups is 3. The quantitative estimate of drug-likeness (QED) is 0.0199. The number of hydrogen-bond donors (Lipinski definition) is 0. The molecule has 64 heavy (non-hydrogen) atoms. The number of hydrogen-bond acceptors (Lipinski definition) is 6. The summed E-state index contributed by atoms with van der Waals surface area (Å²) in [6, 6.07) is 0. The summed E-state index contributed by atoms with van der Waals surface area (Å²) in [5.41, 5.74) is 0. The Hall–Kier alpha value is -2.89. The summed E-state index contributed by atoms with van der Waals surface area (Å²) in [6.07, 6.45) is 65.0. The SMILES string of the molecule is CCCCC/C=C\C=C/CCCCCCCCCCCCC(=O)OCC(COC(=O)CCCCCCCCCCCC)OC(=O)CCC/C=C\C/C=C\C/C=C\CCCCCCCC. The fourth-order valence-corrected chi connectivity index (χ4v) is 7.63. The third-order valence-electron chi connectivity index (χ3n) is 11.8. The van der Waals surface area contributed by atoms with Crippen LogP contribution in [0.25, 0.3) is 0 Å². The van der Waals surface area contributed by atoms with Crippen molar-refractivity contribution in [3.8, 4) is 0 Å². The first-order chi connectivity index (χ1) is 31.5. The number of unbranched alkanes of at least 4 members (excludes halogenated alkanes) is 29. The van der Waals surface area contributed by atoms with Crippen molar-refractivity contribution in [2.75, 3.05) is 13.2 Å². The van der Waals surface area contributed by atoms with Crippen molar-refractivity contribution >= 4 is 17.9 Å². The first-order valence-corrected chi connectivity index (χ1v) is 27.3. The average molecular weight is 895 g/mol. The highest BCUT2D eigenvalue weighted by Gasteiger charge is 2.19. The molecule has 6 heteroatoms. The molecule has 0 aromatic carbocycles. The van der Waals surface area contributed by atoms with E-state index in [1.807, 2.05) is 0 Å². The molecule has 0 aliphatic carbocycles. The lowest BCUT2D eigenvalue weighted by atomic mass is 10.1. The fraction of sp³-hybridized carbons (Fsp3) is 0.776. The summed E-state index contributed by atoms with van der Waals surface area (Å²) in [6.45, 7) is 6.56. The molecule has 0 rings (SSSR count). The second-order valence-corrected chi connectivity index (χ2v) is 18.2. The van der Waals surface area contributed by atoms with Gasteiger partial charge in [0.2, 0.25) is 0 Å². The zero-order valence-corrected chi connectivity index (χ0v) is 42.3. The molecule has 0 saturated carbocycles. The zero-order chi connectivity index (χ0) is 46.5. The van der Waals surface area contributed by atoms with Crippen LogP contribution in [0.4, 0.5) is 0 Å². The summed E-state index contributed by atoms with van der Waals surface area (Å²) in [4.78, 5) is 38.0. The van der Waals surface area contributed by atoms with Gasteiger partial charge in [-0.2, -0.15) is 0 Å². The first kappa shape index (κ1) is 61.1. The third kappa shape index (κ3) is 50.1. The molecule has 0 spiro atoms. The van der Waals surface area contributed by atoms with Gasteiger partial charge in [-0.3, -0.25) is 14.4 Å². The second kappa shape index (κ2) is 52.7. The number of ether oxygens (including phenoxy) is 3. The van der Waals surface area contributed by atoms with E-state index in [0.717, 1.165) is 57.8 Å². The lowest BCUT2D eigenvalue weighted by molar-refractivity contribution is -0.167. The van der Waals surface area contributed by atoms with E-state index in [1.54, 1.807) is 0 Å². The van der Waals surface area contributed by atoms with Crippen molar-refractivity contribution in [1.29, 1.82) is 0 Å². The topological polar surface area (TPSA) is 78.9 Å². The van der Waals surface area contributed by atoms with Crippen LogP contribution in [0, 0.1) is 0 Å². The Bertz CT molecular complexity index is 1170. The molecule has 1 atom stereocenters. The van der Waals surface area contributed by atoms with E-state index in [1.165, 1.54) is 167 Å². The molecule has 0 heterocycles. The summed E-state index contributed by atoms with van der Waals surface area (Å²) in [5, 5.41) is 0. The van der Waals surface area contributed by atoms with Crippen LogP contribution in [0.5, 0.6) is 0 Å². The highest BCUT2D eigenvalue weighted by Crippen LogP contribution is 2.15. The number of carbonyl (C=O) groups excluding carboxylic acids is 3. The first-order valence-electron chi connectivity index (χ1n) is 27.3. The van der Waals surface area contributed by atoms with Gasteiger partial charge in [0.1, 0.15) is 13.2 Å². The monoisotopic (exact) mass is 895 g/mol. The van der Waals surface area contributed by atoms with Crippen LogP contribution in [-0.2, 0) is 28.6 Å². The van der Waals surface area contributed by atoms with Crippen LogP contribution in [-0.4, -0.2) is 37.2 Å². The van der Waals surface area contributed by atoms with Gasteiger partial charge in [0, 0.05) is 19.3 Å². The average Bonchev–Trinajstić information content (AvgIpc) is 3.29. The molecule has 6 nitrogen and oxygen atoms in total. The third-order valence-corrected chi connectivity index (χ3v) is 11.8. The Balaban J connectivity index is 4.39. The Labute approximate surface area is 396 Å². The van der Waals surface area contributed by atoms with E-state index in [0.29, 0.717) is 19.3 Å². The largest absolute Gasteiger partial charge is 0.462 e. The van der Waals surface area contributed by atoms with Gasteiger partial charge in [-0.05, 0) is 77.0 Å². The summed E-state index contributed by atoms with van der Waals surface area (Å²) in [7, 11) is 0. The molecule has 370 valence electrons. The van der Waals surface area contributed by atoms with E-state index < -0.39 is 6.10 Å². The van der Waals surface area contributed by atoms with Crippen LogP contribution >= 0.6 is 0 Å². The maximum Gasteiger partial charge on any atom is 0.306 e. The summed E-state index contributed by atoms with van der Waals surface area (Å²) < 4.78 is 16.8. The molecule has 0 aromatic rings. The number of rotatable bonds is 49. The van der Waals surface area contributed by atoms with Crippen molar-refractivity contribution < 1.29 is 28.6 Å². The highest BCUT2D eigenvalue weighted by atomic mass is 16.6. The highest BCUT2D eigenvalue weighted by molar-refractivity contribution is 5.71.